The minimum Gasteiger partial charge on any atom is -0.373 e. The molecule has 1 aliphatic rings. The van der Waals surface area contributed by atoms with Gasteiger partial charge in [-0.3, -0.25) is 4.99 Å². The molecule has 1 fully saturated rings. The molecule has 0 spiro atoms. The topological polar surface area (TPSA) is 45.7 Å². The van der Waals surface area contributed by atoms with Crippen LogP contribution in [-0.2, 0) is 11.2 Å². The van der Waals surface area contributed by atoms with E-state index in [-0.39, 0.29) is 35.4 Å². The van der Waals surface area contributed by atoms with Crippen LogP contribution in [0.5, 0.6) is 0 Å². The number of hydrogen-bond acceptors (Lipinski definition) is 2. The van der Waals surface area contributed by atoms with Gasteiger partial charge >= 0.3 is 0 Å². The van der Waals surface area contributed by atoms with Gasteiger partial charge < -0.3 is 15.4 Å². The van der Waals surface area contributed by atoms with E-state index in [1.807, 2.05) is 0 Å². The smallest absolute Gasteiger partial charge is 0.191 e. The van der Waals surface area contributed by atoms with E-state index in [0.717, 1.165) is 30.5 Å². The van der Waals surface area contributed by atoms with Gasteiger partial charge in [0.1, 0.15) is 5.82 Å². The van der Waals surface area contributed by atoms with Gasteiger partial charge in [-0.2, -0.15) is 0 Å². The SMILES string of the molecule is CN=C(NCCc1cc(Br)ccc1F)NCC1(C)CCCO1.I. The molecule has 23 heavy (non-hydrogen) atoms. The third-order valence-corrected chi connectivity index (χ3v) is 4.34. The van der Waals surface area contributed by atoms with Crippen LogP contribution in [0.2, 0.25) is 0 Å². The van der Waals surface area contributed by atoms with Crippen LogP contribution in [0.4, 0.5) is 4.39 Å². The Morgan fingerprint density at radius 1 is 1.43 bits per heavy atom. The molecule has 2 N–H and O–H groups in total. The van der Waals surface area contributed by atoms with Crippen LogP contribution >= 0.6 is 39.9 Å². The van der Waals surface area contributed by atoms with Gasteiger partial charge in [-0.15, -0.1) is 24.0 Å². The summed E-state index contributed by atoms with van der Waals surface area (Å²) in [5.41, 5.74) is 0.567. The monoisotopic (exact) mass is 499 g/mol. The summed E-state index contributed by atoms with van der Waals surface area (Å²) in [5.74, 6) is 0.534. The summed E-state index contributed by atoms with van der Waals surface area (Å²) in [6.07, 6.45) is 2.76. The fraction of sp³-hybridized carbons (Fsp3) is 0.562. The van der Waals surface area contributed by atoms with E-state index in [1.165, 1.54) is 6.07 Å². The van der Waals surface area contributed by atoms with Crippen molar-refractivity contribution in [2.24, 2.45) is 4.99 Å². The summed E-state index contributed by atoms with van der Waals surface area (Å²) in [4.78, 5) is 4.19. The van der Waals surface area contributed by atoms with Crippen molar-refractivity contribution in [2.75, 3.05) is 26.7 Å². The van der Waals surface area contributed by atoms with Crippen LogP contribution in [0, 0.1) is 5.82 Å². The number of aliphatic imine (C=N–C) groups is 1. The standard InChI is InChI=1S/C16H23BrFN3O.HI/c1-16(7-3-9-22-16)11-21-15(19-2)20-8-6-12-10-13(17)4-5-14(12)18;/h4-5,10H,3,6-9,11H2,1-2H3,(H2,19,20,21);1H. The third-order valence-electron chi connectivity index (χ3n) is 3.85. The lowest BCUT2D eigenvalue weighted by Crippen LogP contribution is -2.46. The second kappa shape index (κ2) is 9.78. The largest absolute Gasteiger partial charge is 0.373 e. The molecule has 0 amide bonds. The van der Waals surface area contributed by atoms with Crippen molar-refractivity contribution in [2.45, 2.75) is 31.8 Å². The zero-order valence-electron chi connectivity index (χ0n) is 13.5. The number of hydrogen-bond donors (Lipinski definition) is 2. The fourth-order valence-electron chi connectivity index (χ4n) is 2.52. The molecule has 130 valence electrons. The minimum atomic E-state index is -0.181. The first kappa shape index (κ1) is 20.6. The molecule has 0 aliphatic carbocycles. The van der Waals surface area contributed by atoms with Crippen LogP contribution in [0.1, 0.15) is 25.3 Å². The molecule has 1 unspecified atom stereocenters. The van der Waals surface area contributed by atoms with Gasteiger partial charge in [-0.05, 0) is 49.9 Å². The highest BCUT2D eigenvalue weighted by atomic mass is 127. The number of nitrogens with zero attached hydrogens (tertiary/aromatic N) is 1. The van der Waals surface area contributed by atoms with E-state index >= 15 is 0 Å². The summed E-state index contributed by atoms with van der Waals surface area (Å²) in [7, 11) is 1.73. The normalized spacial score (nSPS) is 21.0. The molecule has 0 radical (unpaired) electrons. The van der Waals surface area contributed by atoms with Gasteiger partial charge in [0.05, 0.1) is 5.60 Å². The summed E-state index contributed by atoms with van der Waals surface area (Å²) >= 11 is 3.36. The quantitative estimate of drug-likeness (QED) is 0.370. The zero-order valence-corrected chi connectivity index (χ0v) is 17.4. The molecule has 0 saturated carbocycles. The Hall–Kier alpha value is -0.410. The maximum absolute atomic E-state index is 13.7. The number of halogens is 3. The first-order chi connectivity index (χ1) is 10.5. The predicted molar refractivity (Wildman–Crippen MR) is 106 cm³/mol. The van der Waals surface area contributed by atoms with E-state index in [1.54, 1.807) is 19.2 Å². The van der Waals surface area contributed by atoms with Gasteiger partial charge in [0, 0.05) is 31.2 Å². The Labute approximate surface area is 162 Å². The lowest BCUT2D eigenvalue weighted by molar-refractivity contribution is 0.0243. The molecule has 7 heteroatoms. The molecule has 1 saturated heterocycles. The van der Waals surface area contributed by atoms with Gasteiger partial charge in [-0.1, -0.05) is 15.9 Å². The minimum absolute atomic E-state index is 0. The highest BCUT2D eigenvalue weighted by molar-refractivity contribution is 14.0. The number of rotatable bonds is 5. The molecule has 1 aliphatic heterocycles. The Morgan fingerprint density at radius 2 is 2.22 bits per heavy atom. The second-order valence-corrected chi connectivity index (χ2v) is 6.66. The van der Waals surface area contributed by atoms with E-state index < -0.39 is 0 Å². The molecule has 1 aromatic carbocycles. The average Bonchev–Trinajstić information content (AvgIpc) is 2.93. The molecule has 1 atom stereocenters. The van der Waals surface area contributed by atoms with Crippen LogP contribution in [0.3, 0.4) is 0 Å². The van der Waals surface area contributed by atoms with Crippen molar-refractivity contribution in [1.29, 1.82) is 0 Å². The van der Waals surface area contributed by atoms with Gasteiger partial charge in [-0.25, -0.2) is 4.39 Å². The van der Waals surface area contributed by atoms with Crippen LogP contribution < -0.4 is 10.6 Å². The molecule has 2 rings (SSSR count). The molecular weight excluding hydrogens is 476 g/mol. The van der Waals surface area contributed by atoms with E-state index in [9.17, 15) is 4.39 Å². The van der Waals surface area contributed by atoms with E-state index in [2.05, 4.69) is 38.5 Å². The molecular formula is C16H24BrFIN3O. The Kier molecular flexibility index (Phi) is 8.78. The van der Waals surface area contributed by atoms with Gasteiger partial charge in [0.15, 0.2) is 5.96 Å². The fourth-order valence-corrected chi connectivity index (χ4v) is 2.93. The number of guanidine groups is 1. The maximum atomic E-state index is 13.7. The first-order valence-corrected chi connectivity index (χ1v) is 8.34. The predicted octanol–water partition coefficient (Wildman–Crippen LogP) is 3.48. The van der Waals surface area contributed by atoms with Crippen molar-refractivity contribution in [1.82, 2.24) is 10.6 Å². The van der Waals surface area contributed by atoms with Gasteiger partial charge in [0.2, 0.25) is 0 Å². The van der Waals surface area contributed by atoms with Gasteiger partial charge in [0.25, 0.3) is 0 Å². The zero-order chi connectivity index (χ0) is 16.0. The Morgan fingerprint density at radius 3 is 2.87 bits per heavy atom. The molecule has 1 aromatic rings. The van der Waals surface area contributed by atoms with Crippen LogP contribution in [-0.4, -0.2) is 38.3 Å². The van der Waals surface area contributed by atoms with Crippen molar-refractivity contribution < 1.29 is 9.13 Å². The summed E-state index contributed by atoms with van der Waals surface area (Å²) in [5, 5.41) is 6.48. The lowest BCUT2D eigenvalue weighted by Gasteiger charge is -2.24. The average molecular weight is 500 g/mol. The van der Waals surface area contributed by atoms with Crippen molar-refractivity contribution >= 4 is 45.9 Å². The van der Waals surface area contributed by atoms with E-state index in [4.69, 9.17) is 4.74 Å². The number of benzene rings is 1. The van der Waals surface area contributed by atoms with Crippen LogP contribution in [0.25, 0.3) is 0 Å². The molecule has 1 heterocycles. The highest BCUT2D eigenvalue weighted by Gasteiger charge is 2.29. The molecule has 4 nitrogen and oxygen atoms in total. The highest BCUT2D eigenvalue weighted by Crippen LogP contribution is 2.23. The van der Waals surface area contributed by atoms with Crippen LogP contribution in [0.15, 0.2) is 27.7 Å². The van der Waals surface area contributed by atoms with Crippen molar-refractivity contribution in [3.8, 4) is 0 Å². The summed E-state index contributed by atoms with van der Waals surface area (Å²) in [6.45, 7) is 4.27. The second-order valence-electron chi connectivity index (χ2n) is 5.74. The molecule has 0 aromatic heterocycles. The number of ether oxygens (including phenoxy) is 1. The summed E-state index contributed by atoms with van der Waals surface area (Å²) < 4.78 is 20.3. The Bertz CT molecular complexity index is 536. The lowest BCUT2D eigenvalue weighted by atomic mass is 10.0. The third kappa shape index (κ3) is 6.54. The van der Waals surface area contributed by atoms with Crippen molar-refractivity contribution in [3.63, 3.8) is 0 Å². The summed E-state index contributed by atoms with van der Waals surface area (Å²) in [6, 6.07) is 4.99. The first-order valence-electron chi connectivity index (χ1n) is 7.55. The molecule has 0 bridgehead atoms. The number of nitrogens with one attached hydrogen (secondary N) is 2. The Balaban J connectivity index is 0.00000264. The van der Waals surface area contributed by atoms with E-state index in [0.29, 0.717) is 24.5 Å². The van der Waals surface area contributed by atoms with Crippen molar-refractivity contribution in [3.05, 3.63) is 34.1 Å². The maximum Gasteiger partial charge on any atom is 0.191 e.